The number of halogens is 1. The molecule has 2 rings (SSSR count). The fourth-order valence-electron chi connectivity index (χ4n) is 2.79. The maximum atomic E-state index is 12.8. The smallest absolute Gasteiger partial charge is 0.150 e. The highest BCUT2D eigenvalue weighted by molar-refractivity contribution is 7.91. The fourth-order valence-corrected chi connectivity index (χ4v) is 3.98. The molecule has 1 aromatic carbocycles. The molecule has 0 aromatic heterocycles. The third kappa shape index (κ3) is 3.54. The van der Waals surface area contributed by atoms with Crippen molar-refractivity contribution in [3.63, 3.8) is 0 Å². The zero-order chi connectivity index (χ0) is 14.0. The first-order valence-corrected chi connectivity index (χ1v) is 8.46. The molecule has 0 bridgehead atoms. The summed E-state index contributed by atoms with van der Waals surface area (Å²) in [5.74, 6) is -0.410. The zero-order valence-corrected chi connectivity index (χ0v) is 11.7. The van der Waals surface area contributed by atoms with E-state index in [-0.39, 0.29) is 17.0 Å². The van der Waals surface area contributed by atoms with Gasteiger partial charge in [0.25, 0.3) is 0 Å². The average molecular weight is 286 g/mol. The van der Waals surface area contributed by atoms with Crippen LogP contribution in [0.3, 0.4) is 0 Å². The van der Waals surface area contributed by atoms with Crippen LogP contribution >= 0.6 is 0 Å². The third-order valence-corrected chi connectivity index (χ3v) is 5.57. The molecule has 5 heteroatoms. The molecule has 19 heavy (non-hydrogen) atoms. The molecule has 3 nitrogen and oxygen atoms in total. The van der Waals surface area contributed by atoms with Crippen LogP contribution in [0.5, 0.6) is 0 Å². The monoisotopic (exact) mass is 286 g/mol. The summed E-state index contributed by atoms with van der Waals surface area (Å²) in [6.07, 6.45) is 3.31. The van der Waals surface area contributed by atoms with E-state index in [1.165, 1.54) is 18.4 Å². The largest absolute Gasteiger partial charge is 0.388 e. The summed E-state index contributed by atoms with van der Waals surface area (Å²) < 4.78 is 36.1. The van der Waals surface area contributed by atoms with Gasteiger partial charge in [-0.3, -0.25) is 0 Å². The van der Waals surface area contributed by atoms with Crippen molar-refractivity contribution in [2.24, 2.45) is 5.92 Å². The van der Waals surface area contributed by atoms with Crippen LogP contribution in [0, 0.1) is 11.7 Å². The van der Waals surface area contributed by atoms with Crippen molar-refractivity contribution in [2.75, 3.05) is 6.26 Å². The highest BCUT2D eigenvalue weighted by Gasteiger charge is 2.32. The molecule has 1 aliphatic carbocycles. The second-order valence-electron chi connectivity index (χ2n) is 5.37. The average Bonchev–Trinajstić information content (AvgIpc) is 2.38. The van der Waals surface area contributed by atoms with Crippen molar-refractivity contribution in [1.82, 2.24) is 0 Å². The van der Waals surface area contributed by atoms with Crippen molar-refractivity contribution in [2.45, 2.75) is 37.0 Å². The Morgan fingerprint density at radius 3 is 2.47 bits per heavy atom. The second-order valence-corrected chi connectivity index (χ2v) is 7.70. The molecule has 0 spiro atoms. The van der Waals surface area contributed by atoms with Gasteiger partial charge in [-0.05, 0) is 42.9 Å². The Morgan fingerprint density at radius 2 is 1.89 bits per heavy atom. The van der Waals surface area contributed by atoms with E-state index < -0.39 is 15.9 Å². The van der Waals surface area contributed by atoms with Crippen LogP contribution in [-0.4, -0.2) is 25.0 Å². The van der Waals surface area contributed by atoms with E-state index in [0.29, 0.717) is 18.4 Å². The van der Waals surface area contributed by atoms with Crippen molar-refractivity contribution in [1.29, 1.82) is 0 Å². The number of hydrogen-bond donors (Lipinski definition) is 1. The fraction of sp³-hybridized carbons (Fsp3) is 0.571. The van der Waals surface area contributed by atoms with Crippen LogP contribution in [0.15, 0.2) is 24.3 Å². The molecule has 1 aliphatic rings. The first-order chi connectivity index (χ1) is 8.88. The number of aliphatic hydroxyl groups excluding tert-OH is 1. The van der Waals surface area contributed by atoms with Crippen LogP contribution in [0.25, 0.3) is 0 Å². The Kier molecular flexibility index (Phi) is 4.26. The van der Waals surface area contributed by atoms with E-state index in [2.05, 4.69) is 0 Å². The van der Waals surface area contributed by atoms with Crippen LogP contribution in [0.2, 0.25) is 0 Å². The molecule has 0 aliphatic heterocycles. The molecule has 1 saturated carbocycles. The van der Waals surface area contributed by atoms with Gasteiger partial charge in [-0.2, -0.15) is 0 Å². The van der Waals surface area contributed by atoms with Gasteiger partial charge in [-0.25, -0.2) is 12.8 Å². The van der Waals surface area contributed by atoms with Crippen molar-refractivity contribution >= 4 is 9.84 Å². The molecule has 0 radical (unpaired) electrons. The summed E-state index contributed by atoms with van der Waals surface area (Å²) in [6, 6.07) is 5.75. The number of benzene rings is 1. The molecule has 0 heterocycles. The Labute approximate surface area is 113 Å². The maximum absolute atomic E-state index is 12.8. The van der Waals surface area contributed by atoms with Gasteiger partial charge < -0.3 is 5.11 Å². The highest BCUT2D eigenvalue weighted by atomic mass is 32.2. The Hall–Kier alpha value is -0.940. The molecule has 1 fully saturated rings. The summed E-state index contributed by atoms with van der Waals surface area (Å²) in [5.41, 5.74) is 0.653. The minimum absolute atomic E-state index is 0.0704. The molecular formula is C14H19FO3S. The number of rotatable bonds is 3. The standard InChI is InChI=1S/C14H19FO3S/c1-19(17,18)13-4-2-3-11(9-13)14(16)10-5-7-12(15)8-6-10/h5-8,11,13-14,16H,2-4,9H2,1H3. The van der Waals surface area contributed by atoms with E-state index in [9.17, 15) is 17.9 Å². The van der Waals surface area contributed by atoms with Crippen molar-refractivity contribution in [3.05, 3.63) is 35.6 Å². The first-order valence-electron chi connectivity index (χ1n) is 6.50. The predicted molar refractivity (Wildman–Crippen MR) is 71.9 cm³/mol. The van der Waals surface area contributed by atoms with Gasteiger partial charge in [0.05, 0.1) is 11.4 Å². The topological polar surface area (TPSA) is 54.4 Å². The first kappa shape index (κ1) is 14.5. The molecule has 1 N–H and O–H groups in total. The van der Waals surface area contributed by atoms with Crippen LogP contribution in [0.4, 0.5) is 4.39 Å². The molecular weight excluding hydrogens is 267 g/mol. The molecule has 3 unspecified atom stereocenters. The molecule has 1 aromatic rings. The molecule has 0 amide bonds. The van der Waals surface area contributed by atoms with Gasteiger partial charge in [0.2, 0.25) is 0 Å². The van der Waals surface area contributed by atoms with Gasteiger partial charge in [0.1, 0.15) is 15.7 Å². The van der Waals surface area contributed by atoms with E-state index >= 15 is 0 Å². The highest BCUT2D eigenvalue weighted by Crippen LogP contribution is 2.36. The van der Waals surface area contributed by atoms with Gasteiger partial charge in [-0.15, -0.1) is 0 Å². The predicted octanol–water partition coefficient (Wildman–Crippen LogP) is 2.46. The van der Waals surface area contributed by atoms with Crippen LogP contribution in [-0.2, 0) is 9.84 Å². The lowest BCUT2D eigenvalue weighted by molar-refractivity contribution is 0.0856. The minimum atomic E-state index is -3.05. The summed E-state index contributed by atoms with van der Waals surface area (Å²) in [4.78, 5) is 0. The minimum Gasteiger partial charge on any atom is -0.388 e. The van der Waals surface area contributed by atoms with Crippen LogP contribution < -0.4 is 0 Å². The Balaban J connectivity index is 2.11. The Bertz CT molecular complexity index is 524. The van der Waals surface area contributed by atoms with Gasteiger partial charge in [-0.1, -0.05) is 18.6 Å². The molecule has 3 atom stereocenters. The summed E-state index contributed by atoms with van der Waals surface area (Å²) >= 11 is 0. The lowest BCUT2D eigenvalue weighted by Crippen LogP contribution is -2.30. The van der Waals surface area contributed by atoms with Gasteiger partial charge >= 0.3 is 0 Å². The maximum Gasteiger partial charge on any atom is 0.150 e. The number of hydrogen-bond acceptors (Lipinski definition) is 3. The molecule has 0 saturated heterocycles. The summed E-state index contributed by atoms with van der Waals surface area (Å²) in [7, 11) is -3.05. The summed E-state index contributed by atoms with van der Waals surface area (Å²) in [6.45, 7) is 0. The van der Waals surface area contributed by atoms with Gasteiger partial charge in [0.15, 0.2) is 0 Å². The molecule has 106 valence electrons. The summed E-state index contributed by atoms with van der Waals surface area (Å²) in [5, 5.41) is 9.94. The zero-order valence-electron chi connectivity index (χ0n) is 10.9. The lowest BCUT2D eigenvalue weighted by atomic mass is 9.82. The van der Waals surface area contributed by atoms with Crippen LogP contribution in [0.1, 0.15) is 37.4 Å². The SMILES string of the molecule is CS(=O)(=O)C1CCCC(C(O)c2ccc(F)cc2)C1. The van der Waals surface area contributed by atoms with Crippen molar-refractivity contribution in [3.8, 4) is 0 Å². The van der Waals surface area contributed by atoms with E-state index in [1.54, 1.807) is 12.1 Å². The third-order valence-electron chi connectivity index (χ3n) is 3.93. The quantitative estimate of drug-likeness (QED) is 0.928. The van der Waals surface area contributed by atoms with E-state index in [0.717, 1.165) is 12.8 Å². The van der Waals surface area contributed by atoms with Crippen molar-refractivity contribution < 1.29 is 17.9 Å². The lowest BCUT2D eigenvalue weighted by Gasteiger charge is -2.31. The number of sulfone groups is 1. The van der Waals surface area contributed by atoms with Gasteiger partial charge in [0, 0.05) is 6.26 Å². The Morgan fingerprint density at radius 1 is 1.26 bits per heavy atom. The second kappa shape index (κ2) is 5.59. The van der Waals surface area contributed by atoms with E-state index in [1.807, 2.05) is 0 Å². The normalized spacial score (nSPS) is 26.1. The number of aliphatic hydroxyl groups is 1. The van der Waals surface area contributed by atoms with E-state index in [4.69, 9.17) is 0 Å².